The summed E-state index contributed by atoms with van der Waals surface area (Å²) in [4.78, 5) is 13.8. The number of anilines is 2. The van der Waals surface area contributed by atoms with E-state index in [1.165, 1.54) is 17.8 Å². The van der Waals surface area contributed by atoms with Crippen molar-refractivity contribution in [1.82, 2.24) is 9.88 Å². The average Bonchev–Trinajstić information content (AvgIpc) is 2.94. The quantitative estimate of drug-likeness (QED) is 0.212. The molecule has 0 amide bonds. The highest BCUT2D eigenvalue weighted by Gasteiger charge is 2.40. The summed E-state index contributed by atoms with van der Waals surface area (Å²) in [7, 11) is 0. The van der Waals surface area contributed by atoms with Crippen LogP contribution in [0.25, 0.3) is 0 Å². The van der Waals surface area contributed by atoms with E-state index >= 15 is 4.39 Å². The maximum Gasteiger partial charge on any atom is 0.416 e. The van der Waals surface area contributed by atoms with Gasteiger partial charge in [0.15, 0.2) is 11.6 Å². The Labute approximate surface area is 232 Å². The normalized spacial score (nSPS) is 18.6. The van der Waals surface area contributed by atoms with Crippen LogP contribution >= 0.6 is 0 Å². The van der Waals surface area contributed by atoms with Crippen LogP contribution < -0.4 is 10.2 Å². The van der Waals surface area contributed by atoms with Gasteiger partial charge in [-0.3, -0.25) is 4.98 Å². The topological polar surface area (TPSA) is 43.8 Å². The highest BCUT2D eigenvalue weighted by molar-refractivity contribution is 5.94. The van der Waals surface area contributed by atoms with Crippen molar-refractivity contribution in [2.45, 2.75) is 57.4 Å². The molecule has 0 unspecified atom stereocenters. The Balaban J connectivity index is 1.33. The lowest BCUT2D eigenvalue weighted by Crippen LogP contribution is -2.47. The Morgan fingerprint density at radius 1 is 0.950 bits per heavy atom. The molecule has 0 radical (unpaired) electrons. The van der Waals surface area contributed by atoms with Crippen molar-refractivity contribution in [2.75, 3.05) is 36.4 Å². The molecule has 3 heterocycles. The number of hydrogen-bond donors (Lipinski definition) is 1. The average molecular weight is 554 g/mol. The molecule has 2 aliphatic heterocycles. The number of piperidine rings is 2. The Morgan fingerprint density at radius 2 is 1.60 bits per heavy atom. The molecule has 40 heavy (non-hydrogen) atoms. The van der Waals surface area contributed by atoms with E-state index in [1.54, 1.807) is 6.20 Å². The molecule has 212 valence electrons. The van der Waals surface area contributed by atoms with Gasteiger partial charge < -0.3 is 15.1 Å². The molecule has 0 bridgehead atoms. The zero-order chi connectivity index (χ0) is 28.3. The number of guanidine groups is 1. The summed E-state index contributed by atoms with van der Waals surface area (Å²) in [5, 5.41) is 3.26. The molecule has 0 saturated carbocycles. The molecule has 2 aromatic carbocycles. The number of likely N-dealkylation sites (tertiary alicyclic amines) is 1. The number of hydrogen-bond acceptors (Lipinski definition) is 3. The third-order valence-corrected chi connectivity index (χ3v) is 7.85. The molecule has 2 fully saturated rings. The summed E-state index contributed by atoms with van der Waals surface area (Å²) in [5.74, 6) is 0.577. The molecule has 1 aromatic heterocycles. The van der Waals surface area contributed by atoms with Gasteiger partial charge in [-0.1, -0.05) is 24.3 Å². The molecule has 5 rings (SSSR count). The summed E-state index contributed by atoms with van der Waals surface area (Å²) in [6.07, 6.45) is -0.492. The Hall–Kier alpha value is -3.62. The first kappa shape index (κ1) is 27.9. The van der Waals surface area contributed by atoms with Crippen LogP contribution in [0.2, 0.25) is 0 Å². The molecule has 2 saturated heterocycles. The number of pyridine rings is 1. The van der Waals surface area contributed by atoms with E-state index < -0.39 is 17.4 Å². The number of aromatic nitrogens is 1. The fourth-order valence-corrected chi connectivity index (χ4v) is 5.62. The third kappa shape index (κ3) is 6.40. The van der Waals surface area contributed by atoms with E-state index in [9.17, 15) is 13.2 Å². The largest absolute Gasteiger partial charge is 0.416 e. The second-order valence-corrected chi connectivity index (χ2v) is 10.8. The van der Waals surface area contributed by atoms with Gasteiger partial charge in [0, 0.05) is 56.6 Å². The van der Waals surface area contributed by atoms with Crippen molar-refractivity contribution in [3.8, 4) is 0 Å². The van der Waals surface area contributed by atoms with Crippen LogP contribution in [0.4, 0.5) is 28.9 Å². The number of alkyl halides is 4. The van der Waals surface area contributed by atoms with E-state index in [1.807, 2.05) is 43.0 Å². The lowest BCUT2D eigenvalue weighted by Gasteiger charge is -2.39. The van der Waals surface area contributed by atoms with Gasteiger partial charge in [0.1, 0.15) is 0 Å². The lowest BCUT2D eigenvalue weighted by molar-refractivity contribution is -0.137. The second kappa shape index (κ2) is 11.5. The molecule has 2 aliphatic rings. The number of para-hydroxylation sites is 1. The smallest absolute Gasteiger partial charge is 0.371 e. The molecular formula is C31H35F4N5. The van der Waals surface area contributed by atoms with Crippen LogP contribution in [0.3, 0.4) is 0 Å². The van der Waals surface area contributed by atoms with Crippen molar-refractivity contribution in [2.24, 2.45) is 4.99 Å². The molecule has 9 heteroatoms. The predicted molar refractivity (Wildman–Crippen MR) is 151 cm³/mol. The molecule has 5 nitrogen and oxygen atoms in total. The second-order valence-electron chi connectivity index (χ2n) is 10.8. The van der Waals surface area contributed by atoms with Crippen LogP contribution in [-0.4, -0.2) is 48.1 Å². The van der Waals surface area contributed by atoms with Gasteiger partial charge >= 0.3 is 6.18 Å². The number of nitrogens with one attached hydrogen (secondary N) is 1. The lowest BCUT2D eigenvalue weighted by atomic mass is 9.87. The van der Waals surface area contributed by atoms with Gasteiger partial charge in [0.05, 0.1) is 17.3 Å². The number of halogens is 4. The highest BCUT2D eigenvalue weighted by atomic mass is 19.4. The van der Waals surface area contributed by atoms with Crippen LogP contribution in [0.5, 0.6) is 0 Å². The van der Waals surface area contributed by atoms with E-state index in [4.69, 9.17) is 4.99 Å². The zero-order valence-corrected chi connectivity index (χ0v) is 22.9. The molecule has 0 spiro atoms. The van der Waals surface area contributed by atoms with Crippen LogP contribution in [0.15, 0.2) is 71.9 Å². The zero-order valence-electron chi connectivity index (χ0n) is 22.9. The minimum Gasteiger partial charge on any atom is -0.371 e. The third-order valence-electron chi connectivity index (χ3n) is 7.85. The van der Waals surface area contributed by atoms with Gasteiger partial charge in [-0.05, 0) is 74.2 Å². The van der Waals surface area contributed by atoms with Crippen molar-refractivity contribution in [3.05, 3.63) is 89.2 Å². The van der Waals surface area contributed by atoms with Gasteiger partial charge in [-0.25, -0.2) is 9.38 Å². The van der Waals surface area contributed by atoms with Gasteiger partial charge in [-0.2, -0.15) is 13.2 Å². The van der Waals surface area contributed by atoms with Gasteiger partial charge in [-0.15, -0.1) is 0 Å². The van der Waals surface area contributed by atoms with Crippen molar-refractivity contribution in [1.29, 1.82) is 0 Å². The van der Waals surface area contributed by atoms with E-state index in [0.717, 1.165) is 49.2 Å². The number of aliphatic imine (C=N–C) groups is 1. The Kier molecular flexibility index (Phi) is 8.01. The molecular weight excluding hydrogens is 518 g/mol. The molecule has 3 aromatic rings. The summed E-state index contributed by atoms with van der Waals surface area (Å²) in [6.45, 7) is 6.39. The predicted octanol–water partition coefficient (Wildman–Crippen LogP) is 7.11. The fourth-order valence-electron chi connectivity index (χ4n) is 5.62. The number of aryl methyl sites for hydroxylation is 2. The number of nitrogens with zero attached hydrogens (tertiary/aromatic N) is 4. The standard InChI is InChI=1S/C31H35F4N5/c1-22-20-23(2)28(36-21-22)30(32)14-18-40(19-15-30)29(37-25-10-8-24(9-11-25)31(33,34)35)38-26-12-16-39(17-13-26)27-6-4-3-5-7-27/h3-11,20-21,26H,12-19H2,1-2H3,(H,37,38). The van der Waals surface area contributed by atoms with E-state index in [0.29, 0.717) is 30.4 Å². The van der Waals surface area contributed by atoms with Gasteiger partial charge in [0.25, 0.3) is 0 Å². The minimum atomic E-state index is -4.40. The van der Waals surface area contributed by atoms with Crippen LogP contribution in [-0.2, 0) is 11.8 Å². The monoisotopic (exact) mass is 553 g/mol. The first-order valence-electron chi connectivity index (χ1n) is 13.8. The van der Waals surface area contributed by atoms with Crippen molar-refractivity contribution >= 4 is 17.3 Å². The van der Waals surface area contributed by atoms with Crippen molar-refractivity contribution in [3.63, 3.8) is 0 Å². The van der Waals surface area contributed by atoms with Crippen molar-refractivity contribution < 1.29 is 17.6 Å². The van der Waals surface area contributed by atoms with Crippen LogP contribution in [0.1, 0.15) is 48.1 Å². The highest BCUT2D eigenvalue weighted by Crippen LogP contribution is 2.38. The summed E-state index contributed by atoms with van der Waals surface area (Å²) < 4.78 is 55.4. The number of benzene rings is 2. The van der Waals surface area contributed by atoms with E-state index in [-0.39, 0.29) is 18.9 Å². The van der Waals surface area contributed by atoms with Gasteiger partial charge in [0.2, 0.25) is 0 Å². The summed E-state index contributed by atoms with van der Waals surface area (Å²) in [5.41, 5.74) is 1.79. The molecule has 1 N–H and O–H groups in total. The minimum absolute atomic E-state index is 0.0509. The fraction of sp³-hybridized carbons (Fsp3) is 0.419. The van der Waals surface area contributed by atoms with E-state index in [2.05, 4.69) is 27.3 Å². The number of rotatable bonds is 4. The maximum atomic E-state index is 16.1. The Morgan fingerprint density at radius 3 is 2.20 bits per heavy atom. The summed E-state index contributed by atoms with van der Waals surface area (Å²) >= 11 is 0. The first-order chi connectivity index (χ1) is 19.1. The molecule has 0 aliphatic carbocycles. The van der Waals surface area contributed by atoms with Crippen LogP contribution in [0, 0.1) is 13.8 Å². The summed E-state index contributed by atoms with van der Waals surface area (Å²) in [6, 6.07) is 17.2. The molecule has 0 atom stereocenters. The first-order valence-corrected chi connectivity index (χ1v) is 13.8. The maximum absolute atomic E-state index is 16.1. The SMILES string of the molecule is Cc1cnc(C2(F)CCN(C(=NC3CCN(c4ccccc4)CC3)Nc3ccc(C(F)(F)F)cc3)CC2)c(C)c1. The Bertz CT molecular complexity index is 1310.